The van der Waals surface area contributed by atoms with E-state index in [0.29, 0.717) is 28.4 Å². The molecule has 3 N–H and O–H groups in total. The smallest absolute Gasteiger partial charge is 0.325 e. The molecule has 0 aliphatic carbocycles. The zero-order valence-corrected chi connectivity index (χ0v) is 16.6. The highest BCUT2D eigenvalue weighted by atomic mass is 16.7. The van der Waals surface area contributed by atoms with Gasteiger partial charge in [-0.25, -0.2) is 4.79 Å². The van der Waals surface area contributed by atoms with Crippen molar-refractivity contribution in [2.24, 2.45) is 0 Å². The van der Waals surface area contributed by atoms with Crippen molar-refractivity contribution in [3.8, 4) is 11.5 Å². The molecular weight excluding hydrogens is 404 g/mol. The summed E-state index contributed by atoms with van der Waals surface area (Å²) in [6.45, 7) is 1.59. The number of hydrogen-bond acceptors (Lipinski definition) is 6. The molecule has 2 aromatic carbocycles. The SMILES string of the molecule is CC(=O)Nc1ccc(NC(=O)C[C@H]2NC(=O)N(Cc3ccc4c(c3)OCO4)C2=O)cc1. The summed E-state index contributed by atoms with van der Waals surface area (Å²) in [7, 11) is 0. The largest absolute Gasteiger partial charge is 0.454 e. The van der Waals surface area contributed by atoms with Gasteiger partial charge in [-0.05, 0) is 42.0 Å². The van der Waals surface area contributed by atoms with Crippen LogP contribution in [0, 0.1) is 0 Å². The number of carbonyl (C=O) groups is 4. The lowest BCUT2D eigenvalue weighted by Crippen LogP contribution is -2.34. The number of amides is 5. The second-order valence-corrected chi connectivity index (χ2v) is 7.12. The van der Waals surface area contributed by atoms with Crippen LogP contribution in [-0.4, -0.2) is 41.5 Å². The molecule has 2 heterocycles. The molecule has 2 aliphatic heterocycles. The van der Waals surface area contributed by atoms with Gasteiger partial charge in [-0.1, -0.05) is 6.07 Å². The summed E-state index contributed by atoms with van der Waals surface area (Å²) in [4.78, 5) is 49.4. The Morgan fingerprint density at radius 1 is 1.03 bits per heavy atom. The summed E-state index contributed by atoms with van der Waals surface area (Å²) in [5.41, 5.74) is 1.81. The van der Waals surface area contributed by atoms with Crippen LogP contribution >= 0.6 is 0 Å². The maximum absolute atomic E-state index is 12.7. The molecule has 0 radical (unpaired) electrons. The molecule has 1 saturated heterocycles. The Balaban J connectivity index is 1.34. The van der Waals surface area contributed by atoms with Crippen LogP contribution in [0.1, 0.15) is 18.9 Å². The predicted octanol–water partition coefficient (Wildman–Crippen LogP) is 1.82. The summed E-state index contributed by atoms with van der Waals surface area (Å²) in [6.07, 6.45) is -0.199. The van der Waals surface area contributed by atoms with E-state index in [1.807, 2.05) is 0 Å². The molecule has 1 fully saturated rings. The average molecular weight is 424 g/mol. The van der Waals surface area contributed by atoms with Crippen molar-refractivity contribution in [3.05, 3.63) is 48.0 Å². The molecule has 1 atom stereocenters. The minimum absolute atomic E-state index is 0.0596. The van der Waals surface area contributed by atoms with Gasteiger partial charge in [-0.2, -0.15) is 0 Å². The van der Waals surface area contributed by atoms with E-state index in [2.05, 4.69) is 16.0 Å². The Kier molecular flexibility index (Phi) is 5.44. The molecule has 31 heavy (non-hydrogen) atoms. The lowest BCUT2D eigenvalue weighted by atomic mass is 10.1. The highest BCUT2D eigenvalue weighted by molar-refractivity contribution is 6.06. The maximum atomic E-state index is 12.7. The minimum atomic E-state index is -0.944. The van der Waals surface area contributed by atoms with Crippen molar-refractivity contribution in [1.82, 2.24) is 10.2 Å². The molecule has 10 nitrogen and oxygen atoms in total. The van der Waals surface area contributed by atoms with Gasteiger partial charge in [0.1, 0.15) is 6.04 Å². The van der Waals surface area contributed by atoms with Gasteiger partial charge in [0.05, 0.1) is 13.0 Å². The van der Waals surface area contributed by atoms with Gasteiger partial charge in [-0.15, -0.1) is 0 Å². The topological polar surface area (TPSA) is 126 Å². The Labute approximate surface area is 177 Å². The first-order chi connectivity index (χ1) is 14.9. The third-order valence-electron chi connectivity index (χ3n) is 4.76. The molecule has 160 valence electrons. The molecule has 0 saturated carbocycles. The average Bonchev–Trinajstić information content (AvgIpc) is 3.29. The van der Waals surface area contributed by atoms with Crippen LogP contribution in [0.25, 0.3) is 0 Å². The van der Waals surface area contributed by atoms with Crippen LogP contribution in [0.2, 0.25) is 0 Å². The fraction of sp³-hybridized carbons (Fsp3) is 0.238. The Bertz CT molecular complexity index is 1050. The zero-order chi connectivity index (χ0) is 22.0. The molecule has 10 heteroatoms. The van der Waals surface area contributed by atoms with E-state index in [-0.39, 0.29) is 25.7 Å². The highest BCUT2D eigenvalue weighted by Crippen LogP contribution is 2.33. The van der Waals surface area contributed by atoms with Crippen molar-refractivity contribution in [3.63, 3.8) is 0 Å². The van der Waals surface area contributed by atoms with Crippen molar-refractivity contribution < 1.29 is 28.7 Å². The first-order valence-electron chi connectivity index (χ1n) is 9.57. The number of imide groups is 1. The van der Waals surface area contributed by atoms with Crippen LogP contribution in [-0.2, 0) is 20.9 Å². The Hall–Kier alpha value is -4.08. The third-order valence-corrected chi connectivity index (χ3v) is 4.76. The fourth-order valence-corrected chi connectivity index (χ4v) is 3.32. The lowest BCUT2D eigenvalue weighted by molar-refractivity contribution is -0.130. The second-order valence-electron chi connectivity index (χ2n) is 7.12. The second kappa shape index (κ2) is 8.34. The Morgan fingerprint density at radius 3 is 2.42 bits per heavy atom. The lowest BCUT2D eigenvalue weighted by Gasteiger charge is -2.13. The summed E-state index contributed by atoms with van der Waals surface area (Å²) in [5, 5.41) is 7.85. The van der Waals surface area contributed by atoms with Crippen LogP contribution in [0.4, 0.5) is 16.2 Å². The number of hydrogen-bond donors (Lipinski definition) is 3. The quantitative estimate of drug-likeness (QED) is 0.608. The molecule has 0 aromatic heterocycles. The van der Waals surface area contributed by atoms with E-state index in [1.165, 1.54) is 6.92 Å². The predicted molar refractivity (Wildman–Crippen MR) is 109 cm³/mol. The summed E-state index contributed by atoms with van der Waals surface area (Å²) >= 11 is 0. The van der Waals surface area contributed by atoms with Crippen LogP contribution in [0.5, 0.6) is 11.5 Å². The number of anilines is 2. The van der Waals surface area contributed by atoms with Gasteiger partial charge in [0.15, 0.2) is 11.5 Å². The third kappa shape index (κ3) is 4.58. The van der Waals surface area contributed by atoms with Crippen molar-refractivity contribution >= 4 is 35.1 Å². The van der Waals surface area contributed by atoms with Gasteiger partial charge >= 0.3 is 6.03 Å². The van der Waals surface area contributed by atoms with Gasteiger partial charge in [0.2, 0.25) is 18.6 Å². The summed E-state index contributed by atoms with van der Waals surface area (Å²) < 4.78 is 10.6. The first-order valence-corrected chi connectivity index (χ1v) is 9.57. The molecule has 0 spiro atoms. The molecule has 2 aromatic rings. The van der Waals surface area contributed by atoms with Crippen molar-refractivity contribution in [1.29, 1.82) is 0 Å². The normalized spacial score (nSPS) is 16.8. The van der Waals surface area contributed by atoms with Crippen LogP contribution < -0.4 is 25.4 Å². The van der Waals surface area contributed by atoms with Gasteiger partial charge in [-0.3, -0.25) is 19.3 Å². The number of fused-ring (bicyclic) bond motifs is 1. The van der Waals surface area contributed by atoms with E-state index in [4.69, 9.17) is 9.47 Å². The molecule has 0 bridgehead atoms. The molecule has 2 aliphatic rings. The van der Waals surface area contributed by atoms with Gasteiger partial charge in [0, 0.05) is 18.3 Å². The number of nitrogens with one attached hydrogen (secondary N) is 3. The van der Waals surface area contributed by atoms with Crippen LogP contribution in [0.3, 0.4) is 0 Å². The summed E-state index contributed by atoms with van der Waals surface area (Å²) in [5.74, 6) is 0.0814. The number of urea groups is 1. The standard InChI is InChI=1S/C21H20N4O6/c1-12(26)22-14-3-5-15(6-4-14)23-19(27)9-16-20(28)25(21(29)24-16)10-13-2-7-17-18(8-13)31-11-30-17/h2-8,16H,9-11H2,1H3,(H,22,26)(H,23,27)(H,24,29)/t16-/m1/s1. The first kappa shape index (κ1) is 20.2. The number of ether oxygens (including phenoxy) is 2. The maximum Gasteiger partial charge on any atom is 0.325 e. The zero-order valence-electron chi connectivity index (χ0n) is 16.6. The van der Waals surface area contributed by atoms with E-state index in [9.17, 15) is 19.2 Å². The number of rotatable bonds is 6. The number of nitrogens with zero attached hydrogens (tertiary/aromatic N) is 1. The van der Waals surface area contributed by atoms with E-state index >= 15 is 0 Å². The van der Waals surface area contributed by atoms with Gasteiger partial charge < -0.3 is 25.4 Å². The van der Waals surface area contributed by atoms with Gasteiger partial charge in [0.25, 0.3) is 5.91 Å². The molecule has 4 rings (SSSR count). The minimum Gasteiger partial charge on any atom is -0.454 e. The number of benzene rings is 2. The van der Waals surface area contributed by atoms with E-state index in [1.54, 1.807) is 42.5 Å². The van der Waals surface area contributed by atoms with Crippen molar-refractivity contribution in [2.75, 3.05) is 17.4 Å². The summed E-state index contributed by atoms with van der Waals surface area (Å²) in [6, 6.07) is 10.2. The molecule has 0 unspecified atom stereocenters. The monoisotopic (exact) mass is 424 g/mol. The van der Waals surface area contributed by atoms with Crippen molar-refractivity contribution in [2.45, 2.75) is 25.9 Å². The van der Waals surface area contributed by atoms with Crippen LogP contribution in [0.15, 0.2) is 42.5 Å². The van der Waals surface area contributed by atoms with E-state index in [0.717, 1.165) is 4.90 Å². The number of carbonyl (C=O) groups excluding carboxylic acids is 4. The molecular formula is C21H20N4O6. The van der Waals surface area contributed by atoms with E-state index < -0.39 is 23.9 Å². The fourth-order valence-electron chi connectivity index (χ4n) is 3.32. The molecule has 5 amide bonds. The highest BCUT2D eigenvalue weighted by Gasteiger charge is 2.39. The Morgan fingerprint density at radius 2 is 1.71 bits per heavy atom.